The molecular formula is C21H28N4O4. The highest BCUT2D eigenvalue weighted by atomic mass is 16.5. The van der Waals surface area contributed by atoms with Gasteiger partial charge in [-0.05, 0) is 39.0 Å². The summed E-state index contributed by atoms with van der Waals surface area (Å²) < 4.78 is 12.7. The van der Waals surface area contributed by atoms with Gasteiger partial charge in [0.05, 0.1) is 31.0 Å². The second-order valence-electron chi connectivity index (χ2n) is 7.12. The van der Waals surface area contributed by atoms with Gasteiger partial charge in [-0.3, -0.25) is 14.3 Å². The van der Waals surface area contributed by atoms with Crippen LogP contribution < -0.4 is 10.1 Å². The van der Waals surface area contributed by atoms with Crippen LogP contribution in [0.25, 0.3) is 0 Å². The van der Waals surface area contributed by atoms with Crippen LogP contribution in [-0.4, -0.2) is 59.4 Å². The molecule has 0 spiro atoms. The minimum atomic E-state index is -0.180. The molecule has 0 saturated carbocycles. The number of rotatable bonds is 6. The van der Waals surface area contributed by atoms with E-state index in [1.807, 2.05) is 25.5 Å². The summed E-state index contributed by atoms with van der Waals surface area (Å²) in [6.45, 7) is 8.20. The van der Waals surface area contributed by atoms with Crippen molar-refractivity contribution in [3.05, 3.63) is 46.8 Å². The number of methoxy groups -OCH3 is 1. The molecule has 1 aliphatic heterocycles. The fraction of sp³-hybridized carbons (Fsp3) is 0.476. The Morgan fingerprint density at radius 1 is 1.38 bits per heavy atom. The molecule has 1 aromatic heterocycles. The Morgan fingerprint density at radius 2 is 2.17 bits per heavy atom. The summed E-state index contributed by atoms with van der Waals surface area (Å²) in [5, 5.41) is 7.10. The minimum absolute atomic E-state index is 0.0823. The molecule has 1 aliphatic rings. The molecule has 0 saturated heterocycles. The standard InChI is InChI=1S/C21H28N4O4/c1-5-25-15(3)18(11-23-25)21(27)24-12-17-10-16(20(26)22-8-9-28-4)6-7-19(17)29-13-14(24)2/h6-7,10-11,14H,5,8-9,12-13H2,1-4H3,(H,22,26)/t14-/m0/s1. The van der Waals surface area contributed by atoms with Crippen molar-refractivity contribution < 1.29 is 19.1 Å². The molecule has 2 aromatic rings. The first-order valence-electron chi connectivity index (χ1n) is 9.82. The van der Waals surface area contributed by atoms with Crippen LogP contribution in [0, 0.1) is 6.92 Å². The van der Waals surface area contributed by atoms with E-state index >= 15 is 0 Å². The van der Waals surface area contributed by atoms with E-state index in [2.05, 4.69) is 10.4 Å². The number of carbonyl (C=O) groups excluding carboxylic acids is 2. The third kappa shape index (κ3) is 4.42. The molecule has 1 N–H and O–H groups in total. The van der Waals surface area contributed by atoms with Crippen molar-refractivity contribution in [2.24, 2.45) is 0 Å². The van der Waals surface area contributed by atoms with Crippen LogP contribution in [0.2, 0.25) is 0 Å². The van der Waals surface area contributed by atoms with Crippen molar-refractivity contribution in [2.45, 2.75) is 39.9 Å². The van der Waals surface area contributed by atoms with Gasteiger partial charge in [0.1, 0.15) is 12.4 Å². The predicted octanol–water partition coefficient (Wildman–Crippen LogP) is 2.01. The molecule has 0 radical (unpaired) electrons. The third-order valence-corrected chi connectivity index (χ3v) is 5.16. The molecule has 0 unspecified atom stereocenters. The van der Waals surface area contributed by atoms with Crippen molar-refractivity contribution in [2.75, 3.05) is 26.9 Å². The third-order valence-electron chi connectivity index (χ3n) is 5.16. The average molecular weight is 400 g/mol. The number of benzene rings is 1. The van der Waals surface area contributed by atoms with Crippen LogP contribution >= 0.6 is 0 Å². The molecular weight excluding hydrogens is 372 g/mol. The molecule has 0 aliphatic carbocycles. The van der Waals surface area contributed by atoms with Gasteiger partial charge in [0.25, 0.3) is 11.8 Å². The van der Waals surface area contributed by atoms with Crippen LogP contribution in [0.1, 0.15) is 45.8 Å². The monoisotopic (exact) mass is 400 g/mol. The molecule has 2 amide bonds. The molecule has 8 heteroatoms. The summed E-state index contributed by atoms with van der Waals surface area (Å²) in [6, 6.07) is 5.21. The Kier molecular flexibility index (Phi) is 6.53. The summed E-state index contributed by atoms with van der Waals surface area (Å²) in [4.78, 5) is 27.4. The van der Waals surface area contributed by atoms with Gasteiger partial charge in [0.15, 0.2) is 0 Å². The first-order valence-corrected chi connectivity index (χ1v) is 9.82. The second kappa shape index (κ2) is 9.09. The van der Waals surface area contributed by atoms with Crippen LogP contribution in [0.4, 0.5) is 0 Å². The van der Waals surface area contributed by atoms with Gasteiger partial charge in [-0.2, -0.15) is 5.10 Å². The zero-order valence-electron chi connectivity index (χ0n) is 17.4. The highest BCUT2D eigenvalue weighted by Gasteiger charge is 2.29. The largest absolute Gasteiger partial charge is 0.491 e. The van der Waals surface area contributed by atoms with Crippen LogP contribution in [0.5, 0.6) is 5.75 Å². The van der Waals surface area contributed by atoms with Gasteiger partial charge >= 0.3 is 0 Å². The normalized spacial score (nSPS) is 16.0. The maximum absolute atomic E-state index is 13.2. The van der Waals surface area contributed by atoms with Gasteiger partial charge in [-0.25, -0.2) is 0 Å². The highest BCUT2D eigenvalue weighted by molar-refractivity contribution is 5.96. The Hall–Kier alpha value is -2.87. The molecule has 8 nitrogen and oxygen atoms in total. The summed E-state index contributed by atoms with van der Waals surface area (Å²) in [6.07, 6.45) is 1.63. The number of fused-ring (bicyclic) bond motifs is 1. The molecule has 2 heterocycles. The summed E-state index contributed by atoms with van der Waals surface area (Å²) >= 11 is 0. The lowest BCUT2D eigenvalue weighted by Crippen LogP contribution is -2.40. The maximum Gasteiger partial charge on any atom is 0.257 e. The van der Waals surface area contributed by atoms with E-state index in [-0.39, 0.29) is 17.9 Å². The quantitative estimate of drug-likeness (QED) is 0.750. The van der Waals surface area contributed by atoms with Crippen molar-refractivity contribution in [3.63, 3.8) is 0 Å². The van der Waals surface area contributed by atoms with Gasteiger partial charge in [0, 0.05) is 37.0 Å². The fourth-order valence-corrected chi connectivity index (χ4v) is 3.40. The smallest absolute Gasteiger partial charge is 0.257 e. The summed E-state index contributed by atoms with van der Waals surface area (Å²) in [7, 11) is 1.59. The van der Waals surface area contributed by atoms with E-state index < -0.39 is 0 Å². The van der Waals surface area contributed by atoms with Crippen molar-refractivity contribution in [3.8, 4) is 5.75 Å². The maximum atomic E-state index is 13.2. The number of carbonyl (C=O) groups is 2. The number of nitrogens with one attached hydrogen (secondary N) is 1. The van der Waals surface area contributed by atoms with E-state index in [1.54, 1.807) is 36.4 Å². The molecule has 0 fully saturated rings. The Morgan fingerprint density at radius 3 is 2.86 bits per heavy atom. The Bertz CT molecular complexity index is 893. The molecule has 29 heavy (non-hydrogen) atoms. The Labute approximate surface area is 170 Å². The van der Waals surface area contributed by atoms with E-state index in [0.29, 0.717) is 49.7 Å². The Balaban J connectivity index is 1.84. The number of hydrogen-bond acceptors (Lipinski definition) is 5. The number of aryl methyl sites for hydroxylation is 1. The lowest BCUT2D eigenvalue weighted by Gasteiger charge is -2.26. The summed E-state index contributed by atoms with van der Waals surface area (Å²) in [5.41, 5.74) is 2.78. The van der Waals surface area contributed by atoms with Crippen molar-refractivity contribution >= 4 is 11.8 Å². The molecule has 1 aromatic carbocycles. The van der Waals surface area contributed by atoms with E-state index in [9.17, 15) is 9.59 Å². The second-order valence-corrected chi connectivity index (χ2v) is 7.12. The number of aromatic nitrogens is 2. The lowest BCUT2D eigenvalue weighted by molar-refractivity contribution is 0.0644. The number of hydrogen-bond donors (Lipinski definition) is 1. The van der Waals surface area contributed by atoms with E-state index in [0.717, 1.165) is 11.3 Å². The summed E-state index contributed by atoms with van der Waals surface area (Å²) in [5.74, 6) is 0.433. The highest BCUT2D eigenvalue weighted by Crippen LogP contribution is 2.27. The minimum Gasteiger partial charge on any atom is -0.491 e. The van der Waals surface area contributed by atoms with Crippen LogP contribution in [0.3, 0.4) is 0 Å². The van der Waals surface area contributed by atoms with E-state index in [1.165, 1.54) is 0 Å². The van der Waals surface area contributed by atoms with Gasteiger partial charge in [0.2, 0.25) is 0 Å². The number of amides is 2. The topological polar surface area (TPSA) is 85.7 Å². The zero-order chi connectivity index (χ0) is 21.0. The van der Waals surface area contributed by atoms with E-state index in [4.69, 9.17) is 9.47 Å². The molecule has 0 bridgehead atoms. The number of ether oxygens (including phenoxy) is 2. The molecule has 156 valence electrons. The number of nitrogens with zero attached hydrogens (tertiary/aromatic N) is 3. The van der Waals surface area contributed by atoms with Gasteiger partial charge < -0.3 is 19.7 Å². The SMILES string of the molecule is CCn1ncc(C(=O)N2Cc3cc(C(=O)NCCOC)ccc3OC[C@@H]2C)c1C. The fourth-order valence-electron chi connectivity index (χ4n) is 3.40. The average Bonchev–Trinajstić information content (AvgIpc) is 3.01. The molecule has 1 atom stereocenters. The first-order chi connectivity index (χ1) is 14.0. The zero-order valence-corrected chi connectivity index (χ0v) is 17.4. The lowest BCUT2D eigenvalue weighted by atomic mass is 10.1. The first kappa shape index (κ1) is 20.9. The van der Waals surface area contributed by atoms with Gasteiger partial charge in [-0.1, -0.05) is 0 Å². The van der Waals surface area contributed by atoms with Crippen LogP contribution in [0.15, 0.2) is 24.4 Å². The van der Waals surface area contributed by atoms with Gasteiger partial charge in [-0.15, -0.1) is 0 Å². The van der Waals surface area contributed by atoms with Crippen molar-refractivity contribution in [1.82, 2.24) is 20.0 Å². The van der Waals surface area contributed by atoms with Crippen molar-refractivity contribution in [1.29, 1.82) is 0 Å². The molecule has 3 rings (SSSR count). The van der Waals surface area contributed by atoms with Crippen LogP contribution in [-0.2, 0) is 17.8 Å². The predicted molar refractivity (Wildman–Crippen MR) is 108 cm³/mol.